The molecular weight excluding hydrogens is 302 g/mol. The average molecular weight is 325 g/mol. The SMILES string of the molecule is Cc1cccc(NC(=O)Nc2c(C)nc(N3CCCC3)nc2C)c1. The Balaban J connectivity index is 1.73. The Kier molecular flexibility index (Phi) is 4.64. The van der Waals surface area contributed by atoms with Crippen molar-refractivity contribution in [3.05, 3.63) is 41.2 Å². The Morgan fingerprint density at radius 2 is 1.71 bits per heavy atom. The van der Waals surface area contributed by atoms with E-state index in [1.807, 2.05) is 45.0 Å². The summed E-state index contributed by atoms with van der Waals surface area (Å²) in [6.45, 7) is 7.79. The molecule has 0 spiro atoms. The molecule has 24 heavy (non-hydrogen) atoms. The van der Waals surface area contributed by atoms with Crippen LogP contribution >= 0.6 is 0 Å². The second-order valence-corrected chi connectivity index (χ2v) is 6.21. The number of nitrogens with one attached hydrogen (secondary N) is 2. The number of hydrogen-bond donors (Lipinski definition) is 2. The molecule has 2 heterocycles. The normalized spacial score (nSPS) is 13.9. The lowest BCUT2D eigenvalue weighted by Gasteiger charge is -2.18. The van der Waals surface area contributed by atoms with E-state index in [0.717, 1.165) is 41.7 Å². The number of hydrogen-bond acceptors (Lipinski definition) is 4. The third-order valence-corrected chi connectivity index (χ3v) is 4.16. The second-order valence-electron chi connectivity index (χ2n) is 6.21. The Morgan fingerprint density at radius 1 is 1.04 bits per heavy atom. The fraction of sp³-hybridized carbons (Fsp3) is 0.389. The van der Waals surface area contributed by atoms with Crippen molar-refractivity contribution in [2.75, 3.05) is 28.6 Å². The highest BCUT2D eigenvalue weighted by Gasteiger charge is 2.18. The highest BCUT2D eigenvalue weighted by Crippen LogP contribution is 2.23. The first kappa shape index (κ1) is 16.2. The number of urea groups is 1. The maximum Gasteiger partial charge on any atom is 0.323 e. The molecule has 1 aromatic heterocycles. The standard InChI is InChI=1S/C18H23N5O/c1-12-7-6-8-15(11-12)21-18(24)22-16-13(2)19-17(20-14(16)3)23-9-4-5-10-23/h6-8,11H,4-5,9-10H2,1-3H3,(H2,21,22,24). The van der Waals surface area contributed by atoms with E-state index in [9.17, 15) is 4.79 Å². The number of rotatable bonds is 3. The molecule has 1 aromatic carbocycles. The summed E-state index contributed by atoms with van der Waals surface area (Å²) in [5.41, 5.74) is 4.09. The van der Waals surface area contributed by atoms with Crippen molar-refractivity contribution in [2.24, 2.45) is 0 Å². The van der Waals surface area contributed by atoms with Crippen LogP contribution in [0.25, 0.3) is 0 Å². The molecule has 0 saturated carbocycles. The summed E-state index contributed by atoms with van der Waals surface area (Å²) in [5.74, 6) is 0.757. The van der Waals surface area contributed by atoms with Crippen LogP contribution in [0.15, 0.2) is 24.3 Å². The highest BCUT2D eigenvalue weighted by atomic mass is 16.2. The van der Waals surface area contributed by atoms with Gasteiger partial charge in [-0.3, -0.25) is 0 Å². The van der Waals surface area contributed by atoms with Gasteiger partial charge >= 0.3 is 6.03 Å². The fourth-order valence-corrected chi connectivity index (χ4v) is 2.94. The van der Waals surface area contributed by atoms with Gasteiger partial charge in [-0.2, -0.15) is 0 Å². The van der Waals surface area contributed by atoms with Gasteiger partial charge in [-0.25, -0.2) is 14.8 Å². The van der Waals surface area contributed by atoms with Crippen LogP contribution < -0.4 is 15.5 Å². The number of amides is 2. The van der Waals surface area contributed by atoms with E-state index in [-0.39, 0.29) is 6.03 Å². The molecule has 1 fully saturated rings. The zero-order valence-corrected chi connectivity index (χ0v) is 14.4. The Bertz CT molecular complexity index is 730. The van der Waals surface area contributed by atoms with E-state index in [2.05, 4.69) is 25.5 Å². The van der Waals surface area contributed by atoms with Crippen molar-refractivity contribution in [1.29, 1.82) is 0 Å². The topological polar surface area (TPSA) is 70.2 Å². The van der Waals surface area contributed by atoms with Crippen molar-refractivity contribution < 1.29 is 4.79 Å². The molecule has 0 unspecified atom stereocenters. The van der Waals surface area contributed by atoms with E-state index in [1.165, 1.54) is 12.8 Å². The summed E-state index contributed by atoms with van der Waals surface area (Å²) in [5, 5.41) is 5.71. The van der Waals surface area contributed by atoms with E-state index in [1.54, 1.807) is 0 Å². The first-order valence-corrected chi connectivity index (χ1v) is 8.28. The van der Waals surface area contributed by atoms with Gasteiger partial charge in [0.05, 0.1) is 17.1 Å². The number of aromatic nitrogens is 2. The zero-order valence-electron chi connectivity index (χ0n) is 14.4. The Morgan fingerprint density at radius 3 is 2.33 bits per heavy atom. The largest absolute Gasteiger partial charge is 0.341 e. The molecule has 2 N–H and O–H groups in total. The molecular formula is C18H23N5O. The molecule has 2 aromatic rings. The fourth-order valence-electron chi connectivity index (χ4n) is 2.94. The van der Waals surface area contributed by atoms with Crippen LogP contribution in [0.2, 0.25) is 0 Å². The summed E-state index contributed by atoms with van der Waals surface area (Å²) in [4.78, 5) is 23.6. The van der Waals surface area contributed by atoms with E-state index >= 15 is 0 Å². The number of anilines is 3. The van der Waals surface area contributed by atoms with Gasteiger partial charge in [0.15, 0.2) is 0 Å². The van der Waals surface area contributed by atoms with Gasteiger partial charge in [0, 0.05) is 18.8 Å². The maximum absolute atomic E-state index is 12.3. The first-order valence-electron chi connectivity index (χ1n) is 8.28. The Labute approximate surface area is 142 Å². The second kappa shape index (κ2) is 6.86. The minimum Gasteiger partial charge on any atom is -0.341 e. The molecule has 1 aliphatic rings. The number of nitrogens with zero attached hydrogens (tertiary/aromatic N) is 3. The maximum atomic E-state index is 12.3. The van der Waals surface area contributed by atoms with Gasteiger partial charge in [-0.05, 0) is 51.3 Å². The molecule has 2 amide bonds. The zero-order chi connectivity index (χ0) is 17.1. The highest BCUT2D eigenvalue weighted by molar-refractivity contribution is 6.00. The number of carbonyl (C=O) groups is 1. The van der Waals surface area contributed by atoms with Crippen molar-refractivity contribution in [1.82, 2.24) is 9.97 Å². The van der Waals surface area contributed by atoms with Crippen molar-refractivity contribution in [2.45, 2.75) is 33.6 Å². The lowest BCUT2D eigenvalue weighted by atomic mass is 10.2. The summed E-state index contributed by atoms with van der Waals surface area (Å²) in [6, 6.07) is 7.40. The summed E-state index contributed by atoms with van der Waals surface area (Å²) in [7, 11) is 0. The molecule has 3 rings (SSSR count). The summed E-state index contributed by atoms with van der Waals surface area (Å²) >= 11 is 0. The number of benzene rings is 1. The predicted molar refractivity (Wildman–Crippen MR) is 96.8 cm³/mol. The van der Waals surface area contributed by atoms with Crippen LogP contribution in [-0.2, 0) is 0 Å². The predicted octanol–water partition coefficient (Wildman–Crippen LogP) is 3.65. The third-order valence-electron chi connectivity index (χ3n) is 4.16. The van der Waals surface area contributed by atoms with Gasteiger partial charge in [0.1, 0.15) is 0 Å². The van der Waals surface area contributed by atoms with Gasteiger partial charge < -0.3 is 15.5 Å². The molecule has 6 nitrogen and oxygen atoms in total. The van der Waals surface area contributed by atoms with Gasteiger partial charge in [-0.1, -0.05) is 12.1 Å². The van der Waals surface area contributed by atoms with E-state index in [0.29, 0.717) is 5.69 Å². The molecule has 0 radical (unpaired) electrons. The number of aryl methyl sites for hydroxylation is 3. The molecule has 126 valence electrons. The summed E-state index contributed by atoms with van der Waals surface area (Å²) in [6.07, 6.45) is 2.36. The van der Waals surface area contributed by atoms with Crippen molar-refractivity contribution in [3.63, 3.8) is 0 Å². The molecule has 0 bridgehead atoms. The molecule has 6 heteroatoms. The van der Waals surface area contributed by atoms with Crippen LogP contribution in [-0.4, -0.2) is 29.1 Å². The van der Waals surface area contributed by atoms with E-state index in [4.69, 9.17) is 0 Å². The smallest absolute Gasteiger partial charge is 0.323 e. The molecule has 1 saturated heterocycles. The molecule has 0 atom stereocenters. The molecule has 1 aliphatic heterocycles. The van der Waals surface area contributed by atoms with Crippen LogP contribution in [0, 0.1) is 20.8 Å². The van der Waals surface area contributed by atoms with Gasteiger partial charge in [-0.15, -0.1) is 0 Å². The lowest BCUT2D eigenvalue weighted by Crippen LogP contribution is -2.24. The van der Waals surface area contributed by atoms with Gasteiger partial charge in [0.2, 0.25) is 5.95 Å². The van der Waals surface area contributed by atoms with E-state index < -0.39 is 0 Å². The third kappa shape index (κ3) is 3.64. The summed E-state index contributed by atoms with van der Waals surface area (Å²) < 4.78 is 0. The quantitative estimate of drug-likeness (QED) is 0.904. The van der Waals surface area contributed by atoms with Crippen LogP contribution in [0.3, 0.4) is 0 Å². The molecule has 0 aliphatic carbocycles. The van der Waals surface area contributed by atoms with Crippen LogP contribution in [0.5, 0.6) is 0 Å². The minimum atomic E-state index is -0.288. The lowest BCUT2D eigenvalue weighted by molar-refractivity contribution is 0.262. The first-order chi connectivity index (χ1) is 11.5. The van der Waals surface area contributed by atoms with Crippen LogP contribution in [0.4, 0.5) is 22.1 Å². The minimum absolute atomic E-state index is 0.288. The van der Waals surface area contributed by atoms with Crippen molar-refractivity contribution >= 4 is 23.4 Å². The van der Waals surface area contributed by atoms with Crippen molar-refractivity contribution in [3.8, 4) is 0 Å². The average Bonchev–Trinajstić information content (AvgIpc) is 3.05. The number of carbonyl (C=O) groups excluding carboxylic acids is 1. The Hall–Kier alpha value is -2.63. The van der Waals surface area contributed by atoms with Gasteiger partial charge in [0.25, 0.3) is 0 Å². The monoisotopic (exact) mass is 325 g/mol. The van der Waals surface area contributed by atoms with Crippen LogP contribution in [0.1, 0.15) is 29.8 Å².